The van der Waals surface area contributed by atoms with Crippen LogP contribution in [0, 0.1) is 0 Å². The molecule has 0 unspecified atom stereocenters. The second-order valence-electron chi connectivity index (χ2n) is 3.25. The minimum absolute atomic E-state index is 0.217. The fourth-order valence-corrected chi connectivity index (χ4v) is 1.41. The average Bonchev–Trinajstić information content (AvgIpc) is 2.60. The van der Waals surface area contributed by atoms with Crippen LogP contribution >= 0.6 is 0 Å². The Morgan fingerprint density at radius 1 is 1.60 bits per heavy atom. The predicted octanol–water partition coefficient (Wildman–Crippen LogP) is 1.70. The normalized spacial score (nSPS) is 10.2. The van der Waals surface area contributed by atoms with Crippen molar-refractivity contribution in [2.75, 3.05) is 5.32 Å². The molecular weight excluding hydrogens is 190 g/mol. The molecule has 0 fully saturated rings. The number of rotatable bonds is 2. The van der Waals surface area contributed by atoms with Gasteiger partial charge in [0.15, 0.2) is 0 Å². The molecule has 2 aromatic rings. The van der Waals surface area contributed by atoms with Crippen LogP contribution in [-0.4, -0.2) is 15.5 Å². The average molecular weight is 201 g/mol. The number of imidazole rings is 1. The van der Waals surface area contributed by atoms with Crippen LogP contribution in [0.15, 0.2) is 37.2 Å². The van der Waals surface area contributed by atoms with Gasteiger partial charge < -0.3 is 9.88 Å². The number of amides is 1. The predicted molar refractivity (Wildman–Crippen MR) is 59.5 cm³/mol. The number of anilines is 1. The van der Waals surface area contributed by atoms with E-state index in [4.69, 9.17) is 0 Å². The molecule has 0 aliphatic heterocycles. The number of benzene rings is 1. The van der Waals surface area contributed by atoms with Crippen LogP contribution in [0.25, 0.3) is 11.0 Å². The molecule has 0 aliphatic carbocycles. The lowest BCUT2D eigenvalue weighted by atomic mass is 10.2. The molecule has 15 heavy (non-hydrogen) atoms. The molecule has 0 spiro atoms. The highest BCUT2D eigenvalue weighted by Crippen LogP contribution is 2.17. The molecule has 0 saturated heterocycles. The van der Waals surface area contributed by atoms with Gasteiger partial charge in [-0.05, 0) is 24.3 Å². The SMILES string of the molecule is C=CC(=O)Nc1ccc2c(c1)ncn2C. The Hall–Kier alpha value is -2.10. The Balaban J connectivity index is 2.39. The van der Waals surface area contributed by atoms with Gasteiger partial charge in [-0.15, -0.1) is 0 Å². The lowest BCUT2D eigenvalue weighted by molar-refractivity contribution is -0.111. The van der Waals surface area contributed by atoms with Crippen molar-refractivity contribution in [1.29, 1.82) is 0 Å². The van der Waals surface area contributed by atoms with Crippen molar-refractivity contribution in [2.24, 2.45) is 7.05 Å². The van der Waals surface area contributed by atoms with Crippen LogP contribution in [-0.2, 0) is 11.8 Å². The molecule has 1 aromatic carbocycles. The summed E-state index contributed by atoms with van der Waals surface area (Å²) in [4.78, 5) is 15.3. The summed E-state index contributed by atoms with van der Waals surface area (Å²) in [6.45, 7) is 3.39. The van der Waals surface area contributed by atoms with E-state index in [1.165, 1.54) is 6.08 Å². The minimum atomic E-state index is -0.217. The maximum atomic E-state index is 11.1. The molecule has 0 bridgehead atoms. The number of aromatic nitrogens is 2. The molecule has 2 rings (SSSR count). The third-order valence-corrected chi connectivity index (χ3v) is 2.18. The van der Waals surface area contributed by atoms with Crippen molar-refractivity contribution >= 4 is 22.6 Å². The molecule has 0 aliphatic rings. The first-order valence-electron chi connectivity index (χ1n) is 4.55. The summed E-state index contributed by atoms with van der Waals surface area (Å²) in [5.74, 6) is -0.217. The molecule has 1 heterocycles. The van der Waals surface area contributed by atoms with Crippen molar-refractivity contribution < 1.29 is 4.79 Å². The van der Waals surface area contributed by atoms with Crippen LogP contribution in [0.1, 0.15) is 0 Å². The Morgan fingerprint density at radius 3 is 3.13 bits per heavy atom. The number of hydrogen-bond donors (Lipinski definition) is 1. The lowest BCUT2D eigenvalue weighted by Gasteiger charge is -2.01. The van der Waals surface area contributed by atoms with Crippen molar-refractivity contribution in [3.05, 3.63) is 37.2 Å². The van der Waals surface area contributed by atoms with Gasteiger partial charge in [0.25, 0.3) is 0 Å². The van der Waals surface area contributed by atoms with E-state index in [9.17, 15) is 4.79 Å². The Bertz CT molecular complexity index is 528. The van der Waals surface area contributed by atoms with Crippen molar-refractivity contribution in [2.45, 2.75) is 0 Å². The van der Waals surface area contributed by atoms with E-state index in [-0.39, 0.29) is 5.91 Å². The molecule has 76 valence electrons. The Morgan fingerprint density at radius 2 is 2.40 bits per heavy atom. The van der Waals surface area contributed by atoms with Gasteiger partial charge in [0.1, 0.15) is 0 Å². The van der Waals surface area contributed by atoms with Crippen molar-refractivity contribution in [1.82, 2.24) is 9.55 Å². The summed E-state index contributed by atoms with van der Waals surface area (Å²) in [5.41, 5.74) is 2.62. The zero-order chi connectivity index (χ0) is 10.8. The highest BCUT2D eigenvalue weighted by molar-refractivity contribution is 5.99. The van der Waals surface area contributed by atoms with E-state index in [0.717, 1.165) is 16.7 Å². The van der Waals surface area contributed by atoms with Gasteiger partial charge in [0.05, 0.1) is 17.4 Å². The number of aryl methyl sites for hydroxylation is 1. The largest absolute Gasteiger partial charge is 0.334 e. The molecular formula is C11H11N3O. The molecule has 0 atom stereocenters. The van der Waals surface area contributed by atoms with Crippen LogP contribution in [0.5, 0.6) is 0 Å². The summed E-state index contributed by atoms with van der Waals surface area (Å²) in [6.07, 6.45) is 2.98. The first-order valence-corrected chi connectivity index (χ1v) is 4.55. The third-order valence-electron chi connectivity index (χ3n) is 2.18. The van der Waals surface area contributed by atoms with Crippen LogP contribution in [0.4, 0.5) is 5.69 Å². The van der Waals surface area contributed by atoms with Gasteiger partial charge in [-0.25, -0.2) is 4.98 Å². The van der Waals surface area contributed by atoms with Gasteiger partial charge in [0.2, 0.25) is 5.91 Å². The Labute approximate surface area is 87.2 Å². The minimum Gasteiger partial charge on any atom is -0.334 e. The van der Waals surface area contributed by atoms with E-state index >= 15 is 0 Å². The maximum Gasteiger partial charge on any atom is 0.247 e. The number of nitrogens with one attached hydrogen (secondary N) is 1. The topological polar surface area (TPSA) is 46.9 Å². The molecule has 1 amide bonds. The van der Waals surface area contributed by atoms with E-state index in [2.05, 4.69) is 16.9 Å². The first-order chi connectivity index (χ1) is 7.20. The molecule has 0 saturated carbocycles. The monoisotopic (exact) mass is 201 g/mol. The number of nitrogens with zero attached hydrogens (tertiary/aromatic N) is 2. The summed E-state index contributed by atoms with van der Waals surface area (Å²) < 4.78 is 1.93. The molecule has 4 heteroatoms. The smallest absolute Gasteiger partial charge is 0.247 e. The highest BCUT2D eigenvalue weighted by atomic mass is 16.1. The van der Waals surface area contributed by atoms with Crippen LogP contribution < -0.4 is 5.32 Å². The number of hydrogen-bond acceptors (Lipinski definition) is 2. The van der Waals surface area contributed by atoms with Crippen molar-refractivity contribution in [3.8, 4) is 0 Å². The lowest BCUT2D eigenvalue weighted by Crippen LogP contribution is -2.06. The van der Waals surface area contributed by atoms with Crippen LogP contribution in [0.2, 0.25) is 0 Å². The second-order valence-corrected chi connectivity index (χ2v) is 3.25. The molecule has 0 radical (unpaired) electrons. The second kappa shape index (κ2) is 3.57. The van der Waals surface area contributed by atoms with E-state index in [1.807, 2.05) is 29.8 Å². The molecule has 4 nitrogen and oxygen atoms in total. The van der Waals surface area contributed by atoms with E-state index in [0.29, 0.717) is 0 Å². The highest BCUT2D eigenvalue weighted by Gasteiger charge is 2.02. The molecule has 1 N–H and O–H groups in total. The summed E-state index contributed by atoms with van der Waals surface area (Å²) in [7, 11) is 1.93. The molecule has 1 aromatic heterocycles. The zero-order valence-corrected chi connectivity index (χ0v) is 8.40. The fourth-order valence-electron chi connectivity index (χ4n) is 1.41. The fraction of sp³-hybridized carbons (Fsp3) is 0.0909. The van der Waals surface area contributed by atoms with Crippen molar-refractivity contribution in [3.63, 3.8) is 0 Å². The van der Waals surface area contributed by atoms with Crippen LogP contribution in [0.3, 0.4) is 0 Å². The quantitative estimate of drug-likeness (QED) is 0.752. The number of carbonyl (C=O) groups is 1. The third kappa shape index (κ3) is 1.74. The van der Waals surface area contributed by atoms with Gasteiger partial charge in [-0.1, -0.05) is 6.58 Å². The summed E-state index contributed by atoms with van der Waals surface area (Å²) in [6, 6.07) is 5.59. The van der Waals surface area contributed by atoms with Gasteiger partial charge in [-0.2, -0.15) is 0 Å². The first kappa shape index (κ1) is 9.45. The summed E-state index contributed by atoms with van der Waals surface area (Å²) >= 11 is 0. The number of fused-ring (bicyclic) bond motifs is 1. The Kier molecular flexibility index (Phi) is 2.25. The maximum absolute atomic E-state index is 11.1. The van der Waals surface area contributed by atoms with Gasteiger partial charge >= 0.3 is 0 Å². The standard InChI is InChI=1S/C11H11N3O/c1-3-11(15)13-8-4-5-10-9(6-8)12-7-14(10)2/h3-7H,1H2,2H3,(H,13,15). The summed E-state index contributed by atoms with van der Waals surface area (Å²) in [5, 5.41) is 2.69. The van der Waals surface area contributed by atoms with Gasteiger partial charge in [0, 0.05) is 12.7 Å². The number of carbonyl (C=O) groups excluding carboxylic acids is 1. The zero-order valence-electron chi connectivity index (χ0n) is 8.40. The van der Waals surface area contributed by atoms with E-state index < -0.39 is 0 Å². The van der Waals surface area contributed by atoms with E-state index in [1.54, 1.807) is 6.33 Å². The van der Waals surface area contributed by atoms with Gasteiger partial charge in [-0.3, -0.25) is 4.79 Å².